The van der Waals surface area contributed by atoms with Crippen LogP contribution in [0.25, 0.3) is 10.8 Å². The van der Waals surface area contributed by atoms with Crippen molar-refractivity contribution >= 4 is 28.2 Å². The molecule has 0 aliphatic rings. The van der Waals surface area contributed by atoms with Gasteiger partial charge in [0.15, 0.2) is 5.78 Å². The second-order valence-corrected chi connectivity index (χ2v) is 5.15. The Kier molecular flexibility index (Phi) is 3.63. The summed E-state index contributed by atoms with van der Waals surface area (Å²) in [7, 11) is 1.55. The van der Waals surface area contributed by atoms with E-state index in [1.807, 2.05) is 42.5 Å². The van der Waals surface area contributed by atoms with Gasteiger partial charge in [0.2, 0.25) is 0 Å². The van der Waals surface area contributed by atoms with Gasteiger partial charge in [0.25, 0.3) is 0 Å². The molecule has 3 aromatic carbocycles. The lowest BCUT2D eigenvalue weighted by Crippen LogP contribution is -2.01. The van der Waals surface area contributed by atoms with Gasteiger partial charge in [-0.25, -0.2) is 0 Å². The van der Waals surface area contributed by atoms with Crippen LogP contribution in [0.3, 0.4) is 0 Å². The normalized spacial score (nSPS) is 10.6. The van der Waals surface area contributed by atoms with E-state index < -0.39 is 0 Å². The fraction of sp³-hybridized carbons (Fsp3) is 0.0556. The minimum atomic E-state index is -0.0506. The lowest BCUT2D eigenvalue weighted by molar-refractivity contribution is 0.103. The lowest BCUT2D eigenvalue weighted by atomic mass is 10.00. The van der Waals surface area contributed by atoms with Crippen molar-refractivity contribution in [2.75, 3.05) is 7.11 Å². The van der Waals surface area contributed by atoms with Crippen molar-refractivity contribution in [2.24, 2.45) is 0 Å². The number of halogens is 1. The summed E-state index contributed by atoms with van der Waals surface area (Å²) in [5, 5.41) is 2.59. The molecular formula is C18H13ClO2. The van der Waals surface area contributed by atoms with Crippen LogP contribution in [-0.4, -0.2) is 12.9 Å². The van der Waals surface area contributed by atoms with Gasteiger partial charge >= 0.3 is 0 Å². The van der Waals surface area contributed by atoms with Crippen LogP contribution in [0.1, 0.15) is 15.9 Å². The Morgan fingerprint density at radius 2 is 1.57 bits per heavy atom. The molecule has 0 heterocycles. The maximum absolute atomic E-state index is 12.5. The molecule has 104 valence electrons. The smallest absolute Gasteiger partial charge is 0.193 e. The van der Waals surface area contributed by atoms with E-state index in [1.165, 1.54) is 0 Å². The molecule has 2 nitrogen and oxygen atoms in total. The number of carbonyl (C=O) groups excluding carboxylic acids is 1. The standard InChI is InChI=1S/C18H13ClO2/c1-21-17-9-8-15(11-16(17)19)18(20)14-7-6-12-4-2-3-5-13(12)10-14/h2-11H,1H3. The summed E-state index contributed by atoms with van der Waals surface area (Å²) in [6.45, 7) is 0. The third-order valence-corrected chi connectivity index (χ3v) is 3.72. The Morgan fingerprint density at radius 3 is 2.29 bits per heavy atom. The molecule has 0 amide bonds. The Balaban J connectivity index is 2.01. The topological polar surface area (TPSA) is 26.3 Å². The van der Waals surface area contributed by atoms with Crippen LogP contribution >= 0.6 is 11.6 Å². The van der Waals surface area contributed by atoms with Gasteiger partial charge < -0.3 is 4.74 Å². The molecule has 0 bridgehead atoms. The van der Waals surface area contributed by atoms with Crippen LogP contribution in [0.15, 0.2) is 60.7 Å². The van der Waals surface area contributed by atoms with E-state index >= 15 is 0 Å². The number of hydrogen-bond acceptors (Lipinski definition) is 2. The van der Waals surface area contributed by atoms with Gasteiger partial charge in [-0.05, 0) is 35.0 Å². The molecule has 0 spiro atoms. The van der Waals surface area contributed by atoms with Crippen LogP contribution < -0.4 is 4.74 Å². The molecule has 0 aromatic heterocycles. The lowest BCUT2D eigenvalue weighted by Gasteiger charge is -2.06. The largest absolute Gasteiger partial charge is 0.495 e. The predicted octanol–water partition coefficient (Wildman–Crippen LogP) is 4.73. The number of benzene rings is 3. The Labute approximate surface area is 127 Å². The van der Waals surface area contributed by atoms with Crippen molar-refractivity contribution in [1.82, 2.24) is 0 Å². The zero-order valence-corrected chi connectivity index (χ0v) is 12.2. The SMILES string of the molecule is COc1ccc(C(=O)c2ccc3ccccc3c2)cc1Cl. The highest BCUT2D eigenvalue weighted by atomic mass is 35.5. The van der Waals surface area contributed by atoms with Gasteiger partial charge in [0.05, 0.1) is 12.1 Å². The van der Waals surface area contributed by atoms with Crippen molar-refractivity contribution < 1.29 is 9.53 Å². The van der Waals surface area contributed by atoms with Crippen LogP contribution in [0.2, 0.25) is 5.02 Å². The van der Waals surface area contributed by atoms with E-state index in [9.17, 15) is 4.79 Å². The van der Waals surface area contributed by atoms with Crippen LogP contribution in [0, 0.1) is 0 Å². The van der Waals surface area contributed by atoms with E-state index in [1.54, 1.807) is 25.3 Å². The molecular weight excluding hydrogens is 284 g/mol. The molecule has 3 heteroatoms. The third-order valence-electron chi connectivity index (χ3n) is 3.43. The fourth-order valence-corrected chi connectivity index (χ4v) is 2.56. The molecule has 21 heavy (non-hydrogen) atoms. The van der Waals surface area contributed by atoms with Gasteiger partial charge in [0, 0.05) is 11.1 Å². The highest BCUT2D eigenvalue weighted by Crippen LogP contribution is 2.26. The van der Waals surface area contributed by atoms with Crippen molar-refractivity contribution in [3.05, 3.63) is 76.8 Å². The van der Waals surface area contributed by atoms with Gasteiger partial charge in [-0.2, -0.15) is 0 Å². The summed E-state index contributed by atoms with van der Waals surface area (Å²) in [5.74, 6) is 0.511. The molecule has 0 fully saturated rings. The number of fused-ring (bicyclic) bond motifs is 1. The first-order valence-corrected chi connectivity index (χ1v) is 6.94. The minimum absolute atomic E-state index is 0.0506. The van der Waals surface area contributed by atoms with E-state index in [2.05, 4.69) is 0 Å². The molecule has 0 saturated carbocycles. The quantitative estimate of drug-likeness (QED) is 0.653. The zero-order valence-electron chi connectivity index (χ0n) is 11.5. The molecule has 0 unspecified atom stereocenters. The first kappa shape index (κ1) is 13.7. The Bertz CT molecular complexity index is 824. The molecule has 0 aliphatic heterocycles. The number of ether oxygens (including phenoxy) is 1. The first-order chi connectivity index (χ1) is 10.2. The molecule has 0 N–H and O–H groups in total. The van der Waals surface area contributed by atoms with Crippen molar-refractivity contribution in [3.8, 4) is 5.75 Å². The first-order valence-electron chi connectivity index (χ1n) is 6.56. The van der Waals surface area contributed by atoms with Crippen LogP contribution in [0.5, 0.6) is 5.75 Å². The monoisotopic (exact) mass is 296 g/mol. The van der Waals surface area contributed by atoms with Crippen molar-refractivity contribution in [1.29, 1.82) is 0 Å². The summed E-state index contributed by atoms with van der Waals surface area (Å²) < 4.78 is 5.10. The second kappa shape index (κ2) is 5.58. The minimum Gasteiger partial charge on any atom is -0.495 e. The molecule has 0 radical (unpaired) electrons. The number of hydrogen-bond donors (Lipinski definition) is 0. The summed E-state index contributed by atoms with van der Waals surface area (Å²) in [6, 6.07) is 18.7. The van der Waals surface area contributed by atoms with E-state index in [0.29, 0.717) is 21.9 Å². The van der Waals surface area contributed by atoms with E-state index in [4.69, 9.17) is 16.3 Å². The number of ketones is 1. The summed E-state index contributed by atoms with van der Waals surface area (Å²) in [6.07, 6.45) is 0. The van der Waals surface area contributed by atoms with Gasteiger partial charge in [0.1, 0.15) is 5.75 Å². The fourth-order valence-electron chi connectivity index (χ4n) is 2.30. The maximum Gasteiger partial charge on any atom is 0.193 e. The van der Waals surface area contributed by atoms with Gasteiger partial charge in [-0.15, -0.1) is 0 Å². The predicted molar refractivity (Wildman–Crippen MR) is 85.4 cm³/mol. The molecule has 3 rings (SSSR count). The van der Waals surface area contributed by atoms with Crippen molar-refractivity contribution in [3.63, 3.8) is 0 Å². The molecule has 0 saturated heterocycles. The van der Waals surface area contributed by atoms with Gasteiger partial charge in [-0.3, -0.25) is 4.79 Å². The molecule has 0 atom stereocenters. The number of methoxy groups -OCH3 is 1. The maximum atomic E-state index is 12.5. The van der Waals surface area contributed by atoms with Crippen molar-refractivity contribution in [2.45, 2.75) is 0 Å². The van der Waals surface area contributed by atoms with Crippen LogP contribution in [-0.2, 0) is 0 Å². The highest BCUT2D eigenvalue weighted by Gasteiger charge is 2.12. The van der Waals surface area contributed by atoms with E-state index in [-0.39, 0.29) is 5.78 Å². The highest BCUT2D eigenvalue weighted by molar-refractivity contribution is 6.32. The zero-order chi connectivity index (χ0) is 14.8. The Morgan fingerprint density at radius 1 is 0.905 bits per heavy atom. The number of rotatable bonds is 3. The van der Waals surface area contributed by atoms with Gasteiger partial charge in [-0.1, -0.05) is 48.0 Å². The van der Waals surface area contributed by atoms with E-state index in [0.717, 1.165) is 10.8 Å². The summed E-state index contributed by atoms with van der Waals surface area (Å²) in [5.41, 5.74) is 1.20. The molecule has 0 aliphatic carbocycles. The number of carbonyl (C=O) groups is 1. The molecule has 3 aromatic rings. The second-order valence-electron chi connectivity index (χ2n) is 4.74. The van der Waals surface area contributed by atoms with Crippen LogP contribution in [0.4, 0.5) is 0 Å². The average Bonchev–Trinajstić information content (AvgIpc) is 2.53. The third kappa shape index (κ3) is 2.63. The Hall–Kier alpha value is -2.32. The summed E-state index contributed by atoms with van der Waals surface area (Å²) in [4.78, 5) is 12.5. The average molecular weight is 297 g/mol. The summed E-state index contributed by atoms with van der Waals surface area (Å²) >= 11 is 6.08.